The van der Waals surface area contributed by atoms with E-state index in [4.69, 9.17) is 4.98 Å². The fourth-order valence-corrected chi connectivity index (χ4v) is 5.19. The Bertz CT molecular complexity index is 665. The molecule has 128 valence electrons. The van der Waals surface area contributed by atoms with Crippen LogP contribution < -0.4 is 0 Å². The van der Waals surface area contributed by atoms with Crippen molar-refractivity contribution in [1.29, 1.82) is 0 Å². The molecule has 0 radical (unpaired) electrons. The first-order valence-electron chi connectivity index (χ1n) is 9.91. The van der Waals surface area contributed by atoms with E-state index in [0.29, 0.717) is 11.7 Å². The molecule has 2 fully saturated rings. The summed E-state index contributed by atoms with van der Waals surface area (Å²) in [6.45, 7) is 0. The van der Waals surface area contributed by atoms with Crippen LogP contribution in [0.2, 0.25) is 0 Å². The largest absolute Gasteiger partial charge is 0.506 e. The molecule has 1 aromatic carbocycles. The molecule has 0 aliphatic heterocycles. The second kappa shape index (κ2) is 7.13. The number of hydrogen-bond donors (Lipinski definition) is 1. The average molecular weight is 323 g/mol. The van der Waals surface area contributed by atoms with E-state index in [1.165, 1.54) is 69.9 Å². The first-order valence-corrected chi connectivity index (χ1v) is 9.91. The zero-order valence-corrected chi connectivity index (χ0v) is 14.6. The Morgan fingerprint density at radius 1 is 0.792 bits per heavy atom. The minimum Gasteiger partial charge on any atom is -0.506 e. The molecule has 1 N–H and O–H groups in total. The number of rotatable bonds is 3. The van der Waals surface area contributed by atoms with Crippen LogP contribution in [0.15, 0.2) is 30.3 Å². The third-order valence-corrected chi connectivity index (χ3v) is 6.38. The third kappa shape index (κ3) is 3.16. The molecule has 0 atom stereocenters. The number of hydrogen-bond acceptors (Lipinski definition) is 2. The zero-order valence-electron chi connectivity index (χ0n) is 14.6. The van der Waals surface area contributed by atoms with Gasteiger partial charge in [0.15, 0.2) is 0 Å². The maximum Gasteiger partial charge on any atom is 0.141 e. The number of benzene rings is 1. The van der Waals surface area contributed by atoms with E-state index in [1.807, 2.05) is 12.1 Å². The molecule has 0 bridgehead atoms. The van der Waals surface area contributed by atoms with Crippen molar-refractivity contribution in [2.45, 2.75) is 70.1 Å². The second-order valence-electron chi connectivity index (χ2n) is 7.91. The van der Waals surface area contributed by atoms with E-state index in [9.17, 15) is 5.11 Å². The summed E-state index contributed by atoms with van der Waals surface area (Å²) in [5, 5.41) is 11.3. The van der Waals surface area contributed by atoms with Crippen LogP contribution in [-0.2, 0) is 0 Å². The van der Waals surface area contributed by atoms with Gasteiger partial charge in [-0.25, -0.2) is 4.98 Å². The van der Waals surface area contributed by atoms with Crippen molar-refractivity contribution in [3.8, 4) is 5.75 Å². The lowest BCUT2D eigenvalue weighted by Gasteiger charge is -2.37. The average Bonchev–Trinajstić information content (AvgIpc) is 2.64. The Hall–Kier alpha value is -1.57. The fraction of sp³-hybridized carbons (Fsp3) is 0.591. The van der Waals surface area contributed by atoms with Crippen LogP contribution in [0.3, 0.4) is 0 Å². The molecule has 2 aliphatic carbocycles. The predicted octanol–water partition coefficient (Wildman–Crippen LogP) is 6.18. The molecule has 2 nitrogen and oxygen atoms in total. The summed E-state index contributed by atoms with van der Waals surface area (Å²) in [5.74, 6) is 2.49. The van der Waals surface area contributed by atoms with Crippen molar-refractivity contribution >= 4 is 10.9 Å². The summed E-state index contributed by atoms with van der Waals surface area (Å²) in [6.07, 6.45) is 13.8. The number of para-hydroxylation sites is 1. The second-order valence-corrected chi connectivity index (χ2v) is 7.91. The number of aromatic hydroxyl groups is 1. The molecule has 24 heavy (non-hydrogen) atoms. The molecular formula is C22H29NO. The maximum atomic E-state index is 10.2. The Labute approximate surface area is 145 Å². The van der Waals surface area contributed by atoms with Gasteiger partial charge in [-0.15, -0.1) is 0 Å². The van der Waals surface area contributed by atoms with Crippen molar-refractivity contribution in [1.82, 2.24) is 4.98 Å². The molecule has 0 saturated heterocycles. The third-order valence-electron chi connectivity index (χ3n) is 6.38. The smallest absolute Gasteiger partial charge is 0.141 e. The number of fused-ring (bicyclic) bond motifs is 1. The van der Waals surface area contributed by atoms with Crippen LogP contribution in [0.1, 0.15) is 75.8 Å². The molecule has 0 amide bonds. The highest BCUT2D eigenvalue weighted by Gasteiger charge is 2.33. The van der Waals surface area contributed by atoms with Crippen LogP contribution in [0.4, 0.5) is 0 Å². The standard InChI is InChI=1S/C22H29NO/c24-20-13-7-12-18-14-15-19(23-22(18)20)21(16-8-3-1-4-9-16)17-10-5-2-6-11-17/h7,12-17,21,24H,1-6,8-11H2. The van der Waals surface area contributed by atoms with Gasteiger partial charge in [-0.3, -0.25) is 0 Å². The van der Waals surface area contributed by atoms with Gasteiger partial charge in [-0.05, 0) is 49.7 Å². The lowest BCUT2D eigenvalue weighted by Crippen LogP contribution is -2.26. The Kier molecular flexibility index (Phi) is 4.73. The van der Waals surface area contributed by atoms with Gasteiger partial charge in [-0.1, -0.05) is 56.7 Å². The van der Waals surface area contributed by atoms with Crippen molar-refractivity contribution < 1.29 is 5.11 Å². The predicted molar refractivity (Wildman–Crippen MR) is 99.3 cm³/mol. The molecule has 4 rings (SSSR count). The molecule has 2 aromatic rings. The lowest BCUT2D eigenvalue weighted by atomic mass is 9.68. The summed E-state index contributed by atoms with van der Waals surface area (Å²) in [6, 6.07) is 10.1. The summed E-state index contributed by atoms with van der Waals surface area (Å²) in [7, 11) is 0. The lowest BCUT2D eigenvalue weighted by molar-refractivity contribution is 0.199. The van der Waals surface area contributed by atoms with Gasteiger partial charge in [0.1, 0.15) is 11.3 Å². The molecule has 1 heterocycles. The van der Waals surface area contributed by atoms with Gasteiger partial charge >= 0.3 is 0 Å². The molecule has 0 spiro atoms. The highest BCUT2D eigenvalue weighted by molar-refractivity contribution is 5.84. The van der Waals surface area contributed by atoms with Crippen molar-refractivity contribution in [2.75, 3.05) is 0 Å². The summed E-state index contributed by atoms with van der Waals surface area (Å²) < 4.78 is 0. The van der Waals surface area contributed by atoms with E-state index < -0.39 is 0 Å². The SMILES string of the molecule is Oc1cccc2ccc(C(C3CCCCC3)C3CCCCC3)nc12. The minimum atomic E-state index is 0.320. The van der Waals surface area contributed by atoms with Crippen LogP contribution >= 0.6 is 0 Å². The molecule has 2 aliphatic rings. The van der Waals surface area contributed by atoms with Gasteiger partial charge in [0.05, 0.1) is 0 Å². The fourth-order valence-electron chi connectivity index (χ4n) is 5.19. The summed E-state index contributed by atoms with van der Waals surface area (Å²) in [4.78, 5) is 4.98. The van der Waals surface area contributed by atoms with E-state index in [1.54, 1.807) is 6.07 Å². The van der Waals surface area contributed by atoms with Gasteiger partial charge in [0.25, 0.3) is 0 Å². The van der Waals surface area contributed by atoms with Crippen LogP contribution in [0.5, 0.6) is 5.75 Å². The Morgan fingerprint density at radius 3 is 2.04 bits per heavy atom. The monoisotopic (exact) mass is 323 g/mol. The van der Waals surface area contributed by atoms with E-state index >= 15 is 0 Å². The Morgan fingerprint density at radius 2 is 1.42 bits per heavy atom. The van der Waals surface area contributed by atoms with E-state index in [2.05, 4.69) is 12.1 Å². The van der Waals surface area contributed by atoms with Crippen LogP contribution in [0, 0.1) is 11.8 Å². The molecular weight excluding hydrogens is 294 g/mol. The first-order chi connectivity index (χ1) is 11.8. The molecule has 0 unspecified atom stereocenters. The number of aromatic nitrogens is 1. The first kappa shape index (κ1) is 15.9. The van der Waals surface area contributed by atoms with Crippen LogP contribution in [0.25, 0.3) is 10.9 Å². The molecule has 2 saturated carbocycles. The van der Waals surface area contributed by atoms with Crippen molar-refractivity contribution in [2.24, 2.45) is 11.8 Å². The maximum absolute atomic E-state index is 10.2. The van der Waals surface area contributed by atoms with E-state index in [0.717, 1.165) is 22.7 Å². The summed E-state index contributed by atoms with van der Waals surface area (Å²) in [5.41, 5.74) is 2.02. The van der Waals surface area contributed by atoms with Gasteiger partial charge < -0.3 is 5.11 Å². The number of phenols is 1. The number of nitrogens with zero attached hydrogens (tertiary/aromatic N) is 1. The van der Waals surface area contributed by atoms with Gasteiger partial charge in [0.2, 0.25) is 0 Å². The van der Waals surface area contributed by atoms with E-state index in [-0.39, 0.29) is 0 Å². The quantitative estimate of drug-likeness (QED) is 0.731. The molecule has 1 aromatic heterocycles. The van der Waals surface area contributed by atoms with Crippen molar-refractivity contribution in [3.05, 3.63) is 36.0 Å². The molecule has 2 heteroatoms. The number of pyridine rings is 1. The summed E-state index contributed by atoms with van der Waals surface area (Å²) >= 11 is 0. The topological polar surface area (TPSA) is 33.1 Å². The van der Waals surface area contributed by atoms with Gasteiger partial charge in [0, 0.05) is 17.0 Å². The minimum absolute atomic E-state index is 0.320. The normalized spacial score (nSPS) is 20.7. The van der Waals surface area contributed by atoms with Crippen molar-refractivity contribution in [3.63, 3.8) is 0 Å². The van der Waals surface area contributed by atoms with Gasteiger partial charge in [-0.2, -0.15) is 0 Å². The van der Waals surface area contributed by atoms with Crippen LogP contribution in [-0.4, -0.2) is 10.1 Å². The number of phenolic OH excluding ortho intramolecular Hbond substituents is 1. The Balaban J connectivity index is 1.72. The highest BCUT2D eigenvalue weighted by Crippen LogP contribution is 2.45. The zero-order chi connectivity index (χ0) is 16.4. The highest BCUT2D eigenvalue weighted by atomic mass is 16.3.